The third-order valence-electron chi connectivity index (χ3n) is 7.97. The molecular formula is C37H34N4O5S. The van der Waals surface area contributed by atoms with Crippen molar-refractivity contribution in [1.29, 1.82) is 5.26 Å². The molecule has 238 valence electrons. The highest BCUT2D eigenvalue weighted by molar-refractivity contribution is 7.07. The molecule has 0 saturated heterocycles. The van der Waals surface area contributed by atoms with Crippen LogP contribution in [0.25, 0.3) is 17.0 Å². The molecule has 0 fully saturated rings. The van der Waals surface area contributed by atoms with Crippen LogP contribution in [0, 0.1) is 11.3 Å². The lowest BCUT2D eigenvalue weighted by atomic mass is 9.95. The van der Waals surface area contributed by atoms with E-state index in [1.54, 1.807) is 37.7 Å². The Labute approximate surface area is 275 Å². The standard InChI is InChI=1S/C37H34N4O5S/c1-6-45-36(43)33-23(4)39-37-41(34(33)24-15-16-30(46-22(2)3)31(17-24)44-5)35(42)32(47-37)18-27-21-40(29-14-10-9-13-28(27)29)20-26-12-8-7-11-25(26)19-38/h7-18,21-22,34H,6,20H2,1-5H3/b32-18-/t34-/m0/s1. The first-order valence-corrected chi connectivity index (χ1v) is 16.2. The highest BCUT2D eigenvalue weighted by Gasteiger charge is 2.34. The number of aromatic nitrogens is 2. The number of hydrogen-bond acceptors (Lipinski definition) is 8. The summed E-state index contributed by atoms with van der Waals surface area (Å²) in [4.78, 5) is 32.9. The van der Waals surface area contributed by atoms with Crippen molar-refractivity contribution in [2.75, 3.05) is 13.7 Å². The Morgan fingerprint density at radius 3 is 2.62 bits per heavy atom. The van der Waals surface area contributed by atoms with Crippen molar-refractivity contribution in [1.82, 2.24) is 9.13 Å². The molecule has 0 radical (unpaired) electrons. The van der Waals surface area contributed by atoms with Crippen LogP contribution in [0.5, 0.6) is 11.5 Å². The zero-order valence-corrected chi connectivity index (χ0v) is 27.6. The van der Waals surface area contributed by atoms with Crippen molar-refractivity contribution in [3.05, 3.63) is 126 Å². The Hall–Kier alpha value is -5.40. The zero-order chi connectivity index (χ0) is 33.2. The first-order chi connectivity index (χ1) is 22.7. The van der Waals surface area contributed by atoms with E-state index >= 15 is 0 Å². The SMILES string of the molecule is CCOC(=O)C1=C(C)N=c2s/c(=C\c3cn(Cc4ccccc4C#N)c4ccccc34)c(=O)n2[C@H]1c1ccc(OC(C)C)c(OC)c1. The molecule has 9 nitrogen and oxygen atoms in total. The minimum atomic E-state index is -0.793. The highest BCUT2D eigenvalue weighted by Crippen LogP contribution is 2.36. The first-order valence-electron chi connectivity index (χ1n) is 15.3. The van der Waals surface area contributed by atoms with Gasteiger partial charge in [-0.2, -0.15) is 5.26 Å². The fourth-order valence-corrected chi connectivity index (χ4v) is 6.96. The number of esters is 1. The van der Waals surface area contributed by atoms with Crippen molar-refractivity contribution in [3.63, 3.8) is 0 Å². The van der Waals surface area contributed by atoms with Gasteiger partial charge in [0, 0.05) is 29.2 Å². The topological polar surface area (TPSA) is 108 Å². The van der Waals surface area contributed by atoms with Crippen LogP contribution in [0.1, 0.15) is 56.0 Å². The van der Waals surface area contributed by atoms with Crippen molar-refractivity contribution < 1.29 is 19.0 Å². The molecule has 0 bridgehead atoms. The number of nitriles is 1. The second-order valence-electron chi connectivity index (χ2n) is 11.4. The summed E-state index contributed by atoms with van der Waals surface area (Å²) < 4.78 is 21.2. The van der Waals surface area contributed by atoms with Gasteiger partial charge in [-0.1, -0.05) is 53.8 Å². The number of carbonyl (C=O) groups is 1. The Kier molecular flexibility index (Phi) is 8.83. The summed E-state index contributed by atoms with van der Waals surface area (Å²) in [7, 11) is 1.56. The summed E-state index contributed by atoms with van der Waals surface area (Å²) in [5, 5.41) is 10.6. The van der Waals surface area contributed by atoms with E-state index < -0.39 is 12.0 Å². The third kappa shape index (κ3) is 5.98. The molecule has 3 heterocycles. The molecule has 0 amide bonds. The molecule has 0 unspecified atom stereocenters. The molecule has 0 N–H and O–H groups in total. The van der Waals surface area contributed by atoms with E-state index in [0.29, 0.717) is 44.2 Å². The fraction of sp³-hybridized carbons (Fsp3) is 0.243. The summed E-state index contributed by atoms with van der Waals surface area (Å²) in [6.07, 6.45) is 3.80. The summed E-state index contributed by atoms with van der Waals surface area (Å²) in [6.45, 7) is 8.04. The maximum Gasteiger partial charge on any atom is 0.338 e. The van der Waals surface area contributed by atoms with Gasteiger partial charge in [0.15, 0.2) is 16.3 Å². The molecule has 10 heteroatoms. The van der Waals surface area contributed by atoms with E-state index in [1.165, 1.54) is 11.3 Å². The van der Waals surface area contributed by atoms with Gasteiger partial charge in [0.05, 0.1) is 53.3 Å². The van der Waals surface area contributed by atoms with Gasteiger partial charge in [0.2, 0.25) is 0 Å². The monoisotopic (exact) mass is 646 g/mol. The van der Waals surface area contributed by atoms with Gasteiger partial charge >= 0.3 is 5.97 Å². The molecule has 1 aliphatic rings. The maximum absolute atomic E-state index is 14.3. The number of fused-ring (bicyclic) bond motifs is 2. The predicted octanol–water partition coefficient (Wildman–Crippen LogP) is 5.47. The first kappa shape index (κ1) is 31.6. The molecule has 1 atom stereocenters. The smallest absolute Gasteiger partial charge is 0.338 e. The Balaban J connectivity index is 1.52. The average Bonchev–Trinajstić information content (AvgIpc) is 3.56. The number of methoxy groups -OCH3 is 1. The van der Waals surface area contributed by atoms with E-state index in [1.807, 2.05) is 80.7 Å². The molecule has 0 saturated carbocycles. The second-order valence-corrected chi connectivity index (χ2v) is 12.4. The van der Waals surface area contributed by atoms with Gasteiger partial charge < -0.3 is 18.8 Å². The number of allylic oxidation sites excluding steroid dienone is 1. The molecule has 1 aliphatic heterocycles. The van der Waals surface area contributed by atoms with Crippen LogP contribution < -0.4 is 24.4 Å². The van der Waals surface area contributed by atoms with E-state index in [2.05, 4.69) is 10.6 Å². The third-order valence-corrected chi connectivity index (χ3v) is 8.95. The van der Waals surface area contributed by atoms with E-state index in [0.717, 1.165) is 22.0 Å². The zero-order valence-electron chi connectivity index (χ0n) is 26.8. The maximum atomic E-state index is 14.3. The van der Waals surface area contributed by atoms with Crippen LogP contribution in [0.3, 0.4) is 0 Å². The van der Waals surface area contributed by atoms with Crippen molar-refractivity contribution in [2.45, 2.75) is 46.4 Å². The van der Waals surface area contributed by atoms with Crippen LogP contribution in [-0.4, -0.2) is 34.9 Å². The van der Waals surface area contributed by atoms with Crippen LogP contribution in [-0.2, 0) is 16.1 Å². The number of carbonyl (C=O) groups excluding carboxylic acids is 1. The molecule has 5 aromatic rings. The van der Waals surface area contributed by atoms with Crippen LogP contribution in [0.2, 0.25) is 0 Å². The number of benzene rings is 3. The number of nitrogens with zero attached hydrogens (tertiary/aromatic N) is 4. The lowest BCUT2D eigenvalue weighted by molar-refractivity contribution is -0.139. The van der Waals surface area contributed by atoms with E-state index in [-0.39, 0.29) is 23.8 Å². The van der Waals surface area contributed by atoms with Crippen molar-refractivity contribution in [3.8, 4) is 17.6 Å². The second kappa shape index (κ2) is 13.1. The summed E-state index contributed by atoms with van der Waals surface area (Å²) in [6, 6.07) is 22.4. The molecule has 47 heavy (non-hydrogen) atoms. The molecule has 2 aromatic heterocycles. The number of rotatable bonds is 9. The highest BCUT2D eigenvalue weighted by atomic mass is 32.1. The Morgan fingerprint density at radius 1 is 1.11 bits per heavy atom. The molecular weight excluding hydrogens is 612 g/mol. The number of ether oxygens (including phenoxy) is 3. The van der Waals surface area contributed by atoms with Gasteiger partial charge in [0.25, 0.3) is 5.56 Å². The van der Waals surface area contributed by atoms with Crippen LogP contribution in [0.4, 0.5) is 0 Å². The van der Waals surface area contributed by atoms with Gasteiger partial charge in [0.1, 0.15) is 0 Å². The lowest BCUT2D eigenvalue weighted by Gasteiger charge is -2.25. The molecule has 0 aliphatic carbocycles. The van der Waals surface area contributed by atoms with Crippen LogP contribution in [0.15, 0.2) is 94.0 Å². The Morgan fingerprint density at radius 2 is 1.87 bits per heavy atom. The van der Waals surface area contributed by atoms with Crippen molar-refractivity contribution >= 4 is 34.3 Å². The molecule has 3 aromatic carbocycles. The normalized spacial score (nSPS) is 14.6. The minimum Gasteiger partial charge on any atom is -0.493 e. The van der Waals surface area contributed by atoms with Gasteiger partial charge in [-0.25, -0.2) is 9.79 Å². The Bertz CT molecular complexity index is 2270. The fourth-order valence-electron chi connectivity index (χ4n) is 5.93. The number of hydrogen-bond donors (Lipinski definition) is 0. The van der Waals surface area contributed by atoms with Crippen molar-refractivity contribution in [2.24, 2.45) is 4.99 Å². The quantitative estimate of drug-likeness (QED) is 0.197. The van der Waals surface area contributed by atoms with Gasteiger partial charge in [-0.05, 0) is 69.2 Å². The summed E-state index contributed by atoms with van der Waals surface area (Å²) in [5.41, 5.74) is 4.52. The lowest BCUT2D eigenvalue weighted by Crippen LogP contribution is -2.40. The number of thiazole rings is 1. The van der Waals surface area contributed by atoms with Gasteiger partial charge in [-0.15, -0.1) is 0 Å². The largest absolute Gasteiger partial charge is 0.493 e. The number of para-hydroxylation sites is 1. The molecule has 0 spiro atoms. The predicted molar refractivity (Wildman–Crippen MR) is 181 cm³/mol. The average molecular weight is 647 g/mol. The summed E-state index contributed by atoms with van der Waals surface area (Å²) >= 11 is 1.27. The molecule has 6 rings (SSSR count). The summed E-state index contributed by atoms with van der Waals surface area (Å²) in [5.74, 6) is 0.517. The van der Waals surface area contributed by atoms with Crippen LogP contribution >= 0.6 is 11.3 Å². The van der Waals surface area contributed by atoms with E-state index in [9.17, 15) is 14.9 Å². The minimum absolute atomic E-state index is 0.0725. The van der Waals surface area contributed by atoms with Gasteiger partial charge in [-0.3, -0.25) is 9.36 Å². The van der Waals surface area contributed by atoms with E-state index in [4.69, 9.17) is 19.2 Å².